The first kappa shape index (κ1) is 14.2. The van der Waals surface area contributed by atoms with Gasteiger partial charge in [-0.05, 0) is 49.4 Å². The van der Waals surface area contributed by atoms with E-state index in [1.54, 1.807) is 0 Å². The van der Waals surface area contributed by atoms with Crippen molar-refractivity contribution in [2.75, 3.05) is 0 Å². The highest BCUT2D eigenvalue weighted by Crippen LogP contribution is 2.98. The van der Waals surface area contributed by atoms with Crippen LogP contribution in [0.4, 0.5) is 0 Å². The molecule has 4 atom stereocenters. The Hall–Kier alpha value is 2.88. The van der Waals surface area contributed by atoms with Crippen LogP contribution in [-0.2, 0) is 0 Å². The zero-order chi connectivity index (χ0) is 13.6. The molecule has 0 bridgehead atoms. The third-order valence-electron chi connectivity index (χ3n) is 7.06. The molecule has 5 aliphatic rings. The molecule has 0 saturated heterocycles. The Morgan fingerprint density at radius 1 is 0.526 bits per heavy atom. The number of hydrogen-bond acceptors (Lipinski definition) is 0. The summed E-state index contributed by atoms with van der Waals surface area (Å²) in [7, 11) is 0. The van der Waals surface area contributed by atoms with Crippen molar-refractivity contribution in [2.45, 2.75) is 35.4 Å². The van der Waals surface area contributed by atoms with Gasteiger partial charge < -0.3 is 0 Å². The Bertz CT molecular complexity index is 437. The van der Waals surface area contributed by atoms with Gasteiger partial charge in [-0.1, -0.05) is 95.6 Å². The summed E-state index contributed by atoms with van der Waals surface area (Å²) in [6.07, 6.45) is 5.40. The number of alkyl halides is 6. The Morgan fingerprint density at radius 2 is 0.789 bits per heavy atom. The normalized spacial score (nSPS) is 64.1. The van der Waals surface area contributed by atoms with Crippen molar-refractivity contribution in [3.05, 3.63) is 0 Å². The molecule has 5 saturated carbocycles. The molecule has 6 heteroatoms. The maximum absolute atomic E-state index is 4.08. The summed E-state index contributed by atoms with van der Waals surface area (Å²) in [5, 5.41) is 0. The van der Waals surface area contributed by atoms with Crippen LogP contribution in [0.15, 0.2) is 0 Å². The van der Waals surface area contributed by atoms with Gasteiger partial charge in [-0.15, -0.1) is 0 Å². The first-order valence-electron chi connectivity index (χ1n) is 6.75. The Labute approximate surface area is 163 Å². The highest BCUT2D eigenvalue weighted by Gasteiger charge is 2.94. The lowest BCUT2D eigenvalue weighted by molar-refractivity contribution is 0.157. The van der Waals surface area contributed by atoms with Gasteiger partial charge in [0.2, 0.25) is 0 Å². The molecule has 0 aromatic heterocycles. The number of rotatable bonds is 0. The van der Waals surface area contributed by atoms with E-state index in [-0.39, 0.29) is 9.70 Å². The Kier molecular flexibility index (Phi) is 2.59. The summed E-state index contributed by atoms with van der Waals surface area (Å²) in [6.45, 7) is 0. The maximum atomic E-state index is 4.08. The van der Waals surface area contributed by atoms with Gasteiger partial charge in [0.25, 0.3) is 0 Å². The molecule has 0 heterocycles. The van der Waals surface area contributed by atoms with Gasteiger partial charge in [-0.25, -0.2) is 0 Å². The summed E-state index contributed by atoms with van der Waals surface area (Å²) in [6, 6.07) is 0. The minimum absolute atomic E-state index is 0.201. The van der Waals surface area contributed by atoms with E-state index in [0.29, 0.717) is 10.8 Å². The fourth-order valence-electron chi connectivity index (χ4n) is 5.74. The van der Waals surface area contributed by atoms with Gasteiger partial charge in [0.05, 0.1) is 9.70 Å². The van der Waals surface area contributed by atoms with Crippen LogP contribution >= 0.6 is 95.6 Å². The second-order valence-corrected chi connectivity index (χ2v) is 18.2. The highest BCUT2D eigenvalue weighted by molar-refractivity contribution is 9.26. The van der Waals surface area contributed by atoms with Crippen LogP contribution in [-0.4, -0.2) is 9.70 Å². The van der Waals surface area contributed by atoms with Crippen LogP contribution in [0.5, 0.6) is 0 Å². The molecule has 5 fully saturated rings. The zero-order valence-electron chi connectivity index (χ0n) is 9.91. The van der Waals surface area contributed by atoms with Crippen molar-refractivity contribution in [1.29, 1.82) is 0 Å². The molecule has 19 heavy (non-hydrogen) atoms. The van der Waals surface area contributed by atoms with Crippen molar-refractivity contribution in [3.8, 4) is 0 Å². The predicted molar refractivity (Wildman–Crippen MR) is 99.0 cm³/mol. The minimum Gasteiger partial charge on any atom is -0.0721 e. The van der Waals surface area contributed by atoms with Crippen molar-refractivity contribution in [1.82, 2.24) is 0 Å². The zero-order valence-corrected chi connectivity index (χ0v) is 19.4. The van der Waals surface area contributed by atoms with Crippen LogP contribution < -0.4 is 0 Å². The molecule has 5 aliphatic carbocycles. The van der Waals surface area contributed by atoms with Gasteiger partial charge in [0, 0.05) is 10.8 Å². The molecule has 0 aromatic carbocycles. The summed E-state index contributed by atoms with van der Waals surface area (Å²) >= 11 is 23.8. The van der Waals surface area contributed by atoms with Crippen molar-refractivity contribution >= 4 is 95.6 Å². The Balaban J connectivity index is 1.57. The van der Waals surface area contributed by atoms with Crippen molar-refractivity contribution in [3.63, 3.8) is 0 Å². The SMILES string of the molecule is BrC1(Br)[C@@H]2CC34C[C@@H]5[C@H](CC3(C[C@@H]21)C4(Br)Br)C5(Br)Br. The lowest BCUT2D eigenvalue weighted by Gasteiger charge is -2.32. The number of hydrogen-bond donors (Lipinski definition) is 0. The quantitative estimate of drug-likeness (QED) is 0.263. The second-order valence-electron chi connectivity index (χ2n) is 7.33. The van der Waals surface area contributed by atoms with E-state index in [2.05, 4.69) is 95.6 Å². The van der Waals surface area contributed by atoms with E-state index >= 15 is 0 Å². The molecule has 0 radical (unpaired) electrons. The van der Waals surface area contributed by atoms with E-state index in [1.807, 2.05) is 0 Å². The van der Waals surface area contributed by atoms with Crippen molar-refractivity contribution in [2.24, 2.45) is 34.5 Å². The average molecular weight is 648 g/mol. The van der Waals surface area contributed by atoms with Crippen LogP contribution in [0.2, 0.25) is 0 Å². The third kappa shape index (κ3) is 1.29. The predicted octanol–water partition coefficient (Wildman–Crippen LogP) is 6.51. The van der Waals surface area contributed by atoms with Gasteiger partial charge in [-0.3, -0.25) is 0 Å². The third-order valence-corrected chi connectivity index (χ3v) is 14.8. The van der Waals surface area contributed by atoms with Gasteiger partial charge in [0.1, 0.15) is 0 Å². The smallest absolute Gasteiger partial charge is 0.0721 e. The van der Waals surface area contributed by atoms with E-state index in [0.717, 1.165) is 23.7 Å². The molecular weight excluding hydrogens is 636 g/mol. The molecule has 0 aliphatic heterocycles. The van der Waals surface area contributed by atoms with Gasteiger partial charge in [0.15, 0.2) is 0 Å². The monoisotopic (exact) mass is 642 g/mol. The first-order valence-corrected chi connectivity index (χ1v) is 11.5. The van der Waals surface area contributed by atoms with E-state index in [4.69, 9.17) is 0 Å². The fraction of sp³-hybridized carbons (Fsp3) is 1.00. The van der Waals surface area contributed by atoms with Gasteiger partial charge in [-0.2, -0.15) is 0 Å². The number of fused-ring (bicyclic) bond motifs is 2. The van der Waals surface area contributed by atoms with Gasteiger partial charge >= 0.3 is 0 Å². The second kappa shape index (κ2) is 3.45. The molecule has 0 nitrogen and oxygen atoms in total. The summed E-state index contributed by atoms with van der Waals surface area (Å²) in [4.78, 5) is 0. The largest absolute Gasteiger partial charge is 0.0929 e. The van der Waals surface area contributed by atoms with E-state index in [9.17, 15) is 0 Å². The van der Waals surface area contributed by atoms with Crippen LogP contribution in [0.25, 0.3) is 0 Å². The molecule has 106 valence electrons. The summed E-state index contributed by atoms with van der Waals surface area (Å²) in [5.41, 5.74) is 0.934. The lowest BCUT2D eigenvalue weighted by atomic mass is 9.71. The van der Waals surface area contributed by atoms with E-state index < -0.39 is 0 Å². The first-order chi connectivity index (χ1) is 8.62. The molecular formula is C13H12Br6. The summed E-state index contributed by atoms with van der Waals surface area (Å²) in [5.74, 6) is 3.25. The molecule has 0 aromatic rings. The standard InChI is InChI=1S/C13H12Br6/c14-11(15)5-1-9-2-7-8(12(7,16)17)4-10(9,3-6(5)11)13(9,18)19/h5-8H,1-4H2/t5-,6+,7-,8+,9?,10?. The molecule has 0 unspecified atom stereocenters. The Morgan fingerprint density at radius 3 is 1.05 bits per heavy atom. The molecule has 0 amide bonds. The molecule has 0 N–H and O–H groups in total. The topological polar surface area (TPSA) is 0 Å². The maximum Gasteiger partial charge on any atom is 0.0929 e. The van der Waals surface area contributed by atoms with Crippen LogP contribution in [0.3, 0.4) is 0 Å². The molecule has 5 rings (SSSR count). The molecule has 0 spiro atoms. The van der Waals surface area contributed by atoms with Crippen molar-refractivity contribution < 1.29 is 0 Å². The summed E-state index contributed by atoms with van der Waals surface area (Å²) < 4.78 is 0.697. The lowest BCUT2D eigenvalue weighted by Crippen LogP contribution is -2.25. The van der Waals surface area contributed by atoms with E-state index in [1.165, 1.54) is 25.7 Å². The highest BCUT2D eigenvalue weighted by atomic mass is 79.9. The van der Waals surface area contributed by atoms with Crippen LogP contribution in [0, 0.1) is 34.5 Å². The average Bonchev–Trinajstić information content (AvgIpc) is 3.14. The van der Waals surface area contributed by atoms with Crippen LogP contribution in [0.1, 0.15) is 25.7 Å². The number of halogens is 6. The fourth-order valence-corrected chi connectivity index (χ4v) is 11.7. The minimum atomic E-state index is 0.201.